The zero-order chi connectivity index (χ0) is 21.0. The molecule has 1 aliphatic rings. The van der Waals surface area contributed by atoms with Gasteiger partial charge >= 0.3 is 0 Å². The monoisotopic (exact) mass is 439 g/mol. The molecule has 1 amide bonds. The van der Waals surface area contributed by atoms with Crippen LogP contribution in [-0.4, -0.2) is 31.1 Å². The van der Waals surface area contributed by atoms with Gasteiger partial charge in [-0.15, -0.1) is 11.8 Å². The summed E-state index contributed by atoms with van der Waals surface area (Å²) >= 11 is 1.46. The van der Waals surface area contributed by atoms with Gasteiger partial charge in [0, 0.05) is 21.9 Å². The number of benzene rings is 3. The molecule has 7 heteroatoms. The zero-order valence-electron chi connectivity index (χ0n) is 16.2. The average molecular weight is 440 g/mol. The van der Waals surface area contributed by atoms with Crippen LogP contribution in [0.4, 0.5) is 5.69 Å². The van der Waals surface area contributed by atoms with E-state index in [0.29, 0.717) is 29.2 Å². The molecule has 4 rings (SSSR count). The number of carbonyl (C=O) groups excluding carboxylic acids is 1. The molecule has 0 saturated carbocycles. The quantitative estimate of drug-likeness (QED) is 0.584. The van der Waals surface area contributed by atoms with Crippen molar-refractivity contribution in [2.45, 2.75) is 16.6 Å². The van der Waals surface area contributed by atoms with Crippen LogP contribution >= 0.6 is 11.8 Å². The number of ether oxygens (including phenoxy) is 1. The summed E-state index contributed by atoms with van der Waals surface area (Å²) < 4.78 is 29.3. The Morgan fingerprint density at radius 2 is 1.67 bits per heavy atom. The molecule has 30 heavy (non-hydrogen) atoms. The van der Waals surface area contributed by atoms with E-state index in [1.54, 1.807) is 24.3 Å². The van der Waals surface area contributed by atoms with Crippen LogP contribution in [0.25, 0.3) is 0 Å². The first kappa shape index (κ1) is 20.5. The van der Waals surface area contributed by atoms with Crippen LogP contribution in [-0.2, 0) is 9.84 Å². The van der Waals surface area contributed by atoms with Crippen LogP contribution in [0.5, 0.6) is 11.5 Å². The predicted molar refractivity (Wildman–Crippen MR) is 120 cm³/mol. The minimum absolute atomic E-state index is 0.0217. The van der Waals surface area contributed by atoms with Crippen molar-refractivity contribution < 1.29 is 17.9 Å². The van der Waals surface area contributed by atoms with E-state index >= 15 is 0 Å². The summed E-state index contributed by atoms with van der Waals surface area (Å²) in [5.74, 6) is 1.47. The van der Waals surface area contributed by atoms with Crippen LogP contribution in [0, 0.1) is 0 Å². The molecular formula is C23H21NO4S2. The molecule has 0 aromatic heterocycles. The number of sulfone groups is 1. The molecule has 1 atom stereocenters. The van der Waals surface area contributed by atoms with Crippen molar-refractivity contribution in [1.82, 2.24) is 0 Å². The third-order valence-corrected chi connectivity index (χ3v) is 8.01. The lowest BCUT2D eigenvalue weighted by Crippen LogP contribution is -2.14. The number of thioether (sulfide) groups is 1. The van der Waals surface area contributed by atoms with Crippen LogP contribution in [0.3, 0.4) is 0 Å². The molecule has 1 fully saturated rings. The van der Waals surface area contributed by atoms with Crippen molar-refractivity contribution in [2.75, 3.05) is 16.8 Å². The predicted octanol–water partition coefficient (Wildman–Crippen LogP) is 5.01. The van der Waals surface area contributed by atoms with Gasteiger partial charge in [0.2, 0.25) is 0 Å². The van der Waals surface area contributed by atoms with Gasteiger partial charge in [-0.05, 0) is 42.8 Å². The standard InChI is InChI=1S/C23H21NO4S2/c25-23(21-11-4-5-12-22(21)29-20-13-14-30(26,27)16-20)24-17-7-6-10-19(15-17)28-18-8-2-1-3-9-18/h1-12,15,20H,13-14,16H2,(H,24,25)/t20-/m1/s1. The fourth-order valence-corrected chi connectivity index (χ4v) is 6.88. The van der Waals surface area contributed by atoms with Gasteiger partial charge in [0.05, 0.1) is 17.1 Å². The summed E-state index contributed by atoms with van der Waals surface area (Å²) in [6, 6.07) is 23.9. The number of hydrogen-bond donors (Lipinski definition) is 1. The van der Waals surface area contributed by atoms with Gasteiger partial charge in [-0.1, -0.05) is 36.4 Å². The first-order chi connectivity index (χ1) is 14.5. The largest absolute Gasteiger partial charge is 0.457 e. The van der Waals surface area contributed by atoms with Gasteiger partial charge in [0.25, 0.3) is 5.91 Å². The number of amides is 1. The van der Waals surface area contributed by atoms with E-state index in [2.05, 4.69) is 5.32 Å². The molecule has 5 nitrogen and oxygen atoms in total. The minimum Gasteiger partial charge on any atom is -0.457 e. The number of para-hydroxylation sites is 1. The van der Waals surface area contributed by atoms with Gasteiger partial charge < -0.3 is 10.1 Å². The molecule has 154 valence electrons. The highest BCUT2D eigenvalue weighted by atomic mass is 32.2. The van der Waals surface area contributed by atoms with Crippen molar-refractivity contribution in [2.24, 2.45) is 0 Å². The molecule has 1 saturated heterocycles. The van der Waals surface area contributed by atoms with Crippen molar-refractivity contribution >= 4 is 33.2 Å². The second kappa shape index (κ2) is 8.93. The Morgan fingerprint density at radius 3 is 2.43 bits per heavy atom. The van der Waals surface area contributed by atoms with Crippen molar-refractivity contribution in [1.29, 1.82) is 0 Å². The Labute approximate surface area is 180 Å². The third-order valence-electron chi connectivity index (χ3n) is 4.69. The lowest BCUT2D eigenvalue weighted by Gasteiger charge is -2.13. The van der Waals surface area contributed by atoms with Crippen LogP contribution < -0.4 is 10.1 Å². The van der Waals surface area contributed by atoms with E-state index in [4.69, 9.17) is 4.74 Å². The highest BCUT2D eigenvalue weighted by molar-refractivity contribution is 8.02. The fraction of sp³-hybridized carbons (Fsp3) is 0.174. The lowest BCUT2D eigenvalue weighted by atomic mass is 10.2. The molecule has 0 unspecified atom stereocenters. The number of anilines is 1. The molecule has 3 aromatic carbocycles. The van der Waals surface area contributed by atoms with Gasteiger partial charge in [-0.25, -0.2) is 8.42 Å². The summed E-state index contributed by atoms with van der Waals surface area (Å²) in [5, 5.41) is 2.89. The summed E-state index contributed by atoms with van der Waals surface area (Å²) in [6.45, 7) is 0. The lowest BCUT2D eigenvalue weighted by molar-refractivity contribution is 0.102. The maximum Gasteiger partial charge on any atom is 0.256 e. The molecule has 3 aromatic rings. The molecule has 1 N–H and O–H groups in total. The highest BCUT2D eigenvalue weighted by Crippen LogP contribution is 2.33. The van der Waals surface area contributed by atoms with Crippen molar-refractivity contribution in [3.63, 3.8) is 0 Å². The van der Waals surface area contributed by atoms with Crippen LogP contribution in [0.2, 0.25) is 0 Å². The van der Waals surface area contributed by atoms with Gasteiger partial charge in [0.1, 0.15) is 11.5 Å². The SMILES string of the molecule is O=C(Nc1cccc(Oc2ccccc2)c1)c1ccccc1S[C@@H]1CCS(=O)(=O)C1. The molecular weight excluding hydrogens is 418 g/mol. The summed E-state index contributed by atoms with van der Waals surface area (Å²) in [7, 11) is -2.96. The molecule has 0 bridgehead atoms. The van der Waals surface area contributed by atoms with E-state index < -0.39 is 9.84 Å². The third kappa shape index (κ3) is 5.23. The minimum atomic E-state index is -2.96. The first-order valence-corrected chi connectivity index (χ1v) is 12.3. The van der Waals surface area contributed by atoms with Crippen molar-refractivity contribution in [3.05, 3.63) is 84.4 Å². The molecule has 0 spiro atoms. The van der Waals surface area contributed by atoms with E-state index in [0.717, 1.165) is 4.90 Å². The smallest absolute Gasteiger partial charge is 0.256 e. The topological polar surface area (TPSA) is 72.5 Å². The zero-order valence-corrected chi connectivity index (χ0v) is 17.8. The van der Waals surface area contributed by atoms with E-state index in [1.165, 1.54) is 11.8 Å². The van der Waals surface area contributed by atoms with E-state index in [1.807, 2.05) is 54.6 Å². The Bertz CT molecular complexity index is 1150. The molecule has 1 heterocycles. The first-order valence-electron chi connectivity index (χ1n) is 9.59. The summed E-state index contributed by atoms with van der Waals surface area (Å²) in [5.41, 5.74) is 1.15. The van der Waals surface area contributed by atoms with E-state index in [9.17, 15) is 13.2 Å². The Hall–Kier alpha value is -2.77. The summed E-state index contributed by atoms with van der Waals surface area (Å²) in [4.78, 5) is 13.7. The van der Waals surface area contributed by atoms with Gasteiger partial charge in [-0.3, -0.25) is 4.79 Å². The second-order valence-electron chi connectivity index (χ2n) is 7.04. The van der Waals surface area contributed by atoms with Crippen molar-refractivity contribution in [3.8, 4) is 11.5 Å². The second-order valence-corrected chi connectivity index (χ2v) is 10.6. The van der Waals surface area contributed by atoms with Crippen LogP contribution in [0.15, 0.2) is 83.8 Å². The normalized spacial score (nSPS) is 17.4. The maximum absolute atomic E-state index is 12.9. The van der Waals surface area contributed by atoms with Gasteiger partial charge in [-0.2, -0.15) is 0 Å². The Morgan fingerprint density at radius 1 is 0.933 bits per heavy atom. The number of nitrogens with one attached hydrogen (secondary N) is 1. The molecule has 1 aliphatic heterocycles. The van der Waals surface area contributed by atoms with Crippen LogP contribution in [0.1, 0.15) is 16.8 Å². The highest BCUT2D eigenvalue weighted by Gasteiger charge is 2.29. The summed E-state index contributed by atoms with van der Waals surface area (Å²) in [6.07, 6.45) is 0.613. The number of rotatable bonds is 6. The van der Waals surface area contributed by atoms with E-state index in [-0.39, 0.29) is 22.7 Å². The van der Waals surface area contributed by atoms with Gasteiger partial charge in [0.15, 0.2) is 9.84 Å². The average Bonchev–Trinajstić information content (AvgIpc) is 3.07. The molecule has 0 radical (unpaired) electrons. The molecule has 0 aliphatic carbocycles. The Kier molecular flexibility index (Phi) is 6.11. The Balaban J connectivity index is 1.47. The maximum atomic E-state index is 12.9. The fourth-order valence-electron chi connectivity index (χ4n) is 3.25. The number of hydrogen-bond acceptors (Lipinski definition) is 5. The number of carbonyl (C=O) groups is 1.